The molecule has 1 atom stereocenters. The average Bonchev–Trinajstić information content (AvgIpc) is 2.26. The van der Waals surface area contributed by atoms with E-state index in [0.29, 0.717) is 13.2 Å². The molecule has 1 aromatic carbocycles. The van der Waals surface area contributed by atoms with Crippen molar-refractivity contribution in [1.29, 1.82) is 5.26 Å². The number of ether oxygens (including phenoxy) is 1. The summed E-state index contributed by atoms with van der Waals surface area (Å²) in [6.45, 7) is 5.25. The van der Waals surface area contributed by atoms with E-state index in [9.17, 15) is 5.26 Å². The van der Waals surface area contributed by atoms with Gasteiger partial charge in [0, 0.05) is 0 Å². The highest BCUT2D eigenvalue weighted by atomic mass is 16.5. The summed E-state index contributed by atoms with van der Waals surface area (Å²) in [5.41, 5.74) is 3.31. The second-order valence-electron chi connectivity index (χ2n) is 5.49. The van der Waals surface area contributed by atoms with E-state index >= 15 is 0 Å². The van der Waals surface area contributed by atoms with E-state index < -0.39 is 5.41 Å². The van der Waals surface area contributed by atoms with Crippen molar-refractivity contribution in [1.82, 2.24) is 4.90 Å². The van der Waals surface area contributed by atoms with Crippen LogP contribution in [0.25, 0.3) is 0 Å². The first-order valence-corrected chi connectivity index (χ1v) is 6.23. The molecule has 96 valence electrons. The highest BCUT2D eigenvalue weighted by Crippen LogP contribution is 2.44. The Kier molecular flexibility index (Phi) is 3.43. The van der Waals surface area contributed by atoms with Crippen LogP contribution in [0.3, 0.4) is 0 Å². The van der Waals surface area contributed by atoms with Crippen molar-refractivity contribution in [2.45, 2.75) is 19.9 Å². The molecule has 1 aliphatic heterocycles. The summed E-state index contributed by atoms with van der Waals surface area (Å²) in [6, 6.07) is 9.00. The van der Waals surface area contributed by atoms with Crippen LogP contribution in [0.2, 0.25) is 0 Å². The van der Waals surface area contributed by atoms with Crippen LogP contribution in [0.15, 0.2) is 18.2 Å². The van der Waals surface area contributed by atoms with Crippen LogP contribution in [0.5, 0.6) is 0 Å². The lowest BCUT2D eigenvalue weighted by Crippen LogP contribution is -2.50. The molecule has 1 unspecified atom stereocenters. The van der Waals surface area contributed by atoms with Crippen molar-refractivity contribution < 1.29 is 4.74 Å². The molecule has 0 N–H and O–H groups in total. The lowest BCUT2D eigenvalue weighted by molar-refractivity contribution is -0.115. The van der Waals surface area contributed by atoms with Crippen molar-refractivity contribution in [3.05, 3.63) is 34.9 Å². The standard InChI is InChI=1S/C15H20N2O/c1-11-5-6-12(2)13(7-11)14(17(3)4)15(8-16)9-18-10-15/h5-7,14H,9-10H2,1-4H3. The molecule has 1 aliphatic rings. The van der Waals surface area contributed by atoms with Gasteiger partial charge >= 0.3 is 0 Å². The quantitative estimate of drug-likeness (QED) is 0.819. The van der Waals surface area contributed by atoms with Crippen molar-refractivity contribution in [2.75, 3.05) is 27.3 Å². The molecule has 0 aromatic heterocycles. The third kappa shape index (κ3) is 2.03. The van der Waals surface area contributed by atoms with Gasteiger partial charge in [0.1, 0.15) is 5.41 Å². The molecule has 0 saturated carbocycles. The Balaban J connectivity index is 2.49. The molecule has 0 bridgehead atoms. The zero-order valence-electron chi connectivity index (χ0n) is 11.5. The Hall–Kier alpha value is -1.37. The SMILES string of the molecule is Cc1ccc(C)c(C(N(C)C)C2(C#N)COC2)c1. The summed E-state index contributed by atoms with van der Waals surface area (Å²) >= 11 is 0. The monoisotopic (exact) mass is 244 g/mol. The summed E-state index contributed by atoms with van der Waals surface area (Å²) in [4.78, 5) is 2.13. The van der Waals surface area contributed by atoms with Crippen LogP contribution in [-0.4, -0.2) is 32.2 Å². The van der Waals surface area contributed by atoms with E-state index in [0.717, 1.165) is 0 Å². The first-order valence-electron chi connectivity index (χ1n) is 6.23. The van der Waals surface area contributed by atoms with Gasteiger partial charge in [0.25, 0.3) is 0 Å². The predicted octanol–water partition coefficient (Wildman–Crippen LogP) is 2.45. The van der Waals surface area contributed by atoms with Crippen molar-refractivity contribution in [3.63, 3.8) is 0 Å². The molecule has 0 amide bonds. The fourth-order valence-electron chi connectivity index (χ4n) is 2.73. The molecule has 1 fully saturated rings. The van der Waals surface area contributed by atoms with E-state index in [1.165, 1.54) is 16.7 Å². The maximum absolute atomic E-state index is 9.52. The zero-order chi connectivity index (χ0) is 13.3. The highest BCUT2D eigenvalue weighted by Gasteiger charge is 2.48. The van der Waals surface area contributed by atoms with Crippen molar-refractivity contribution in [2.24, 2.45) is 5.41 Å². The first kappa shape index (κ1) is 13.1. The van der Waals surface area contributed by atoms with Crippen LogP contribution in [-0.2, 0) is 4.74 Å². The molecule has 1 aromatic rings. The highest BCUT2D eigenvalue weighted by molar-refractivity contribution is 5.36. The maximum Gasteiger partial charge on any atom is 0.123 e. The lowest BCUT2D eigenvalue weighted by atomic mass is 9.74. The Labute approximate surface area is 109 Å². The van der Waals surface area contributed by atoms with E-state index in [1.807, 2.05) is 14.1 Å². The third-order valence-corrected chi connectivity index (χ3v) is 3.71. The van der Waals surface area contributed by atoms with Crippen molar-refractivity contribution >= 4 is 0 Å². The molecule has 3 nitrogen and oxygen atoms in total. The molecule has 18 heavy (non-hydrogen) atoms. The molecule has 1 heterocycles. The second kappa shape index (κ2) is 4.72. The van der Waals surface area contributed by atoms with Gasteiger partial charge in [-0.05, 0) is 39.1 Å². The van der Waals surface area contributed by atoms with Gasteiger partial charge in [-0.15, -0.1) is 0 Å². The Morgan fingerprint density at radius 2 is 2.00 bits per heavy atom. The Morgan fingerprint density at radius 1 is 1.33 bits per heavy atom. The average molecular weight is 244 g/mol. The predicted molar refractivity (Wildman–Crippen MR) is 71.2 cm³/mol. The normalized spacial score (nSPS) is 19.1. The number of benzene rings is 1. The summed E-state index contributed by atoms with van der Waals surface area (Å²) in [7, 11) is 4.06. The largest absolute Gasteiger partial charge is 0.378 e. The van der Waals surface area contributed by atoms with Gasteiger partial charge < -0.3 is 9.64 Å². The number of rotatable bonds is 3. The Bertz CT molecular complexity index is 484. The third-order valence-electron chi connectivity index (χ3n) is 3.71. The summed E-state index contributed by atoms with van der Waals surface area (Å²) in [5, 5.41) is 9.52. The van der Waals surface area contributed by atoms with Crippen LogP contribution in [0, 0.1) is 30.6 Å². The molecular weight excluding hydrogens is 224 g/mol. The van der Waals surface area contributed by atoms with Gasteiger partial charge in [-0.2, -0.15) is 5.26 Å². The maximum atomic E-state index is 9.52. The van der Waals surface area contributed by atoms with Crippen molar-refractivity contribution in [3.8, 4) is 6.07 Å². The van der Waals surface area contributed by atoms with Crippen LogP contribution in [0.4, 0.5) is 0 Å². The molecule has 0 radical (unpaired) electrons. The Morgan fingerprint density at radius 3 is 2.44 bits per heavy atom. The minimum atomic E-state index is -0.401. The van der Waals surface area contributed by atoms with Crippen LogP contribution >= 0.6 is 0 Å². The molecule has 3 heteroatoms. The zero-order valence-corrected chi connectivity index (χ0v) is 11.5. The number of nitriles is 1. The minimum absolute atomic E-state index is 0.0937. The second-order valence-corrected chi connectivity index (χ2v) is 5.49. The lowest BCUT2D eigenvalue weighted by Gasteiger charge is -2.45. The van der Waals surface area contributed by atoms with E-state index in [-0.39, 0.29) is 6.04 Å². The first-order chi connectivity index (χ1) is 8.50. The number of hydrogen-bond acceptors (Lipinski definition) is 3. The fraction of sp³-hybridized carbons (Fsp3) is 0.533. The van der Waals surface area contributed by atoms with Crippen LogP contribution < -0.4 is 0 Å². The summed E-state index contributed by atoms with van der Waals surface area (Å²) in [5.74, 6) is 0. The molecule has 0 aliphatic carbocycles. The number of nitrogens with zero attached hydrogens (tertiary/aromatic N) is 2. The minimum Gasteiger partial charge on any atom is -0.378 e. The van der Waals surface area contributed by atoms with Gasteiger partial charge in [0.2, 0.25) is 0 Å². The van der Waals surface area contributed by atoms with E-state index in [4.69, 9.17) is 4.74 Å². The molecular formula is C15H20N2O. The van der Waals surface area contributed by atoms with Gasteiger partial charge in [-0.3, -0.25) is 0 Å². The van der Waals surface area contributed by atoms with E-state index in [2.05, 4.69) is 43.0 Å². The summed E-state index contributed by atoms with van der Waals surface area (Å²) in [6.07, 6.45) is 0. The smallest absolute Gasteiger partial charge is 0.123 e. The fourth-order valence-corrected chi connectivity index (χ4v) is 2.73. The van der Waals surface area contributed by atoms with Gasteiger partial charge in [-0.1, -0.05) is 23.8 Å². The topological polar surface area (TPSA) is 36.3 Å². The molecule has 0 spiro atoms. The van der Waals surface area contributed by atoms with Gasteiger partial charge in [0.05, 0.1) is 25.3 Å². The number of aryl methyl sites for hydroxylation is 2. The van der Waals surface area contributed by atoms with Gasteiger partial charge in [0.15, 0.2) is 0 Å². The molecule has 1 saturated heterocycles. The van der Waals surface area contributed by atoms with E-state index in [1.54, 1.807) is 0 Å². The number of hydrogen-bond donors (Lipinski definition) is 0. The summed E-state index contributed by atoms with van der Waals surface area (Å²) < 4.78 is 5.30. The molecule has 2 rings (SSSR count). The van der Waals surface area contributed by atoms with Crippen LogP contribution in [0.1, 0.15) is 22.7 Å². The van der Waals surface area contributed by atoms with Gasteiger partial charge in [-0.25, -0.2) is 0 Å².